The Morgan fingerprint density at radius 3 is 2.50 bits per heavy atom. The average molecular weight is 142 g/mol. The molecule has 1 amide bonds. The third-order valence-corrected chi connectivity index (χ3v) is 1.18. The Kier molecular flexibility index (Phi) is 3.72. The molecular formula is C7H14N2O. The fourth-order valence-corrected chi connectivity index (χ4v) is 0.463. The van der Waals surface area contributed by atoms with E-state index in [0.717, 1.165) is 0 Å². The summed E-state index contributed by atoms with van der Waals surface area (Å²) >= 11 is 0. The van der Waals surface area contributed by atoms with Crippen molar-refractivity contribution in [3.05, 3.63) is 11.6 Å². The highest BCUT2D eigenvalue weighted by Crippen LogP contribution is 1.95. The van der Waals surface area contributed by atoms with Gasteiger partial charge in [-0.2, -0.15) is 0 Å². The van der Waals surface area contributed by atoms with Crippen LogP contribution in [0.1, 0.15) is 20.3 Å². The molecule has 0 aliphatic rings. The van der Waals surface area contributed by atoms with Gasteiger partial charge < -0.3 is 11.5 Å². The quantitative estimate of drug-likeness (QED) is 0.551. The Labute approximate surface area is 61.1 Å². The molecule has 0 bridgehead atoms. The van der Waals surface area contributed by atoms with Crippen molar-refractivity contribution in [2.75, 3.05) is 0 Å². The molecule has 0 aromatic heterocycles. The minimum Gasteiger partial charge on any atom is -0.366 e. The zero-order valence-corrected chi connectivity index (χ0v) is 6.42. The summed E-state index contributed by atoms with van der Waals surface area (Å²) in [6.45, 7) is 3.56. The van der Waals surface area contributed by atoms with Crippen molar-refractivity contribution in [3.63, 3.8) is 0 Å². The van der Waals surface area contributed by atoms with Gasteiger partial charge in [0.05, 0.1) is 0 Å². The van der Waals surface area contributed by atoms with Crippen LogP contribution in [0.5, 0.6) is 0 Å². The normalized spacial score (nSPS) is 14.9. The summed E-state index contributed by atoms with van der Waals surface area (Å²) in [5.41, 5.74) is 11.0. The molecule has 0 aromatic rings. The second-order valence-corrected chi connectivity index (χ2v) is 2.46. The second-order valence-electron chi connectivity index (χ2n) is 2.46. The molecule has 3 heteroatoms. The monoisotopic (exact) mass is 142 g/mol. The number of hydrogen-bond donors (Lipinski definition) is 2. The van der Waals surface area contributed by atoms with Gasteiger partial charge in [0.2, 0.25) is 5.91 Å². The van der Waals surface area contributed by atoms with Gasteiger partial charge >= 0.3 is 0 Å². The van der Waals surface area contributed by atoms with Crippen molar-refractivity contribution in [1.82, 2.24) is 0 Å². The molecule has 0 aliphatic heterocycles. The third kappa shape index (κ3) is 4.09. The number of carbonyl (C=O) groups excluding carboxylic acids is 1. The van der Waals surface area contributed by atoms with Crippen LogP contribution >= 0.6 is 0 Å². The zero-order valence-electron chi connectivity index (χ0n) is 6.42. The maximum absolute atomic E-state index is 10.4. The first kappa shape index (κ1) is 9.17. The lowest BCUT2D eigenvalue weighted by molar-refractivity contribution is -0.114. The Balaban J connectivity index is 3.81. The molecule has 10 heavy (non-hydrogen) atoms. The van der Waals surface area contributed by atoms with Crippen LogP contribution in [0.15, 0.2) is 11.6 Å². The van der Waals surface area contributed by atoms with E-state index in [0.29, 0.717) is 12.0 Å². The topological polar surface area (TPSA) is 69.1 Å². The third-order valence-electron chi connectivity index (χ3n) is 1.18. The van der Waals surface area contributed by atoms with E-state index in [4.69, 9.17) is 11.5 Å². The van der Waals surface area contributed by atoms with Gasteiger partial charge in [-0.15, -0.1) is 0 Å². The summed E-state index contributed by atoms with van der Waals surface area (Å²) in [5.74, 6) is -0.374. The molecule has 0 aromatic carbocycles. The smallest absolute Gasteiger partial charge is 0.244 e. The molecule has 0 rings (SSSR count). The highest BCUT2D eigenvalue weighted by atomic mass is 16.1. The van der Waals surface area contributed by atoms with Crippen LogP contribution in [-0.4, -0.2) is 11.9 Å². The molecule has 4 N–H and O–H groups in total. The zero-order chi connectivity index (χ0) is 8.15. The van der Waals surface area contributed by atoms with Crippen LogP contribution in [0.3, 0.4) is 0 Å². The van der Waals surface area contributed by atoms with E-state index in [1.54, 1.807) is 13.0 Å². The SMILES string of the molecule is C/C(=C\CC(C)N)C(N)=O. The van der Waals surface area contributed by atoms with Gasteiger partial charge in [-0.05, 0) is 20.3 Å². The molecule has 1 unspecified atom stereocenters. The molecule has 0 aliphatic carbocycles. The first-order valence-electron chi connectivity index (χ1n) is 3.26. The summed E-state index contributed by atoms with van der Waals surface area (Å²) in [5, 5.41) is 0. The summed E-state index contributed by atoms with van der Waals surface area (Å²) in [6.07, 6.45) is 2.46. The number of hydrogen-bond acceptors (Lipinski definition) is 2. The minimum absolute atomic E-state index is 0.0919. The highest BCUT2D eigenvalue weighted by molar-refractivity contribution is 5.91. The van der Waals surface area contributed by atoms with Crippen molar-refractivity contribution in [1.29, 1.82) is 0 Å². The highest BCUT2D eigenvalue weighted by Gasteiger charge is 1.96. The maximum atomic E-state index is 10.4. The molecule has 0 heterocycles. The van der Waals surface area contributed by atoms with Crippen LogP contribution in [0.4, 0.5) is 0 Å². The molecule has 58 valence electrons. The van der Waals surface area contributed by atoms with Crippen LogP contribution in [0.2, 0.25) is 0 Å². The van der Waals surface area contributed by atoms with E-state index in [1.807, 2.05) is 6.92 Å². The summed E-state index contributed by atoms with van der Waals surface area (Å²) in [4.78, 5) is 10.4. The predicted molar refractivity (Wildman–Crippen MR) is 41.2 cm³/mol. The molecule has 3 nitrogen and oxygen atoms in total. The Hall–Kier alpha value is -0.830. The van der Waals surface area contributed by atoms with Crippen LogP contribution in [0, 0.1) is 0 Å². The average Bonchev–Trinajstić information content (AvgIpc) is 1.82. The van der Waals surface area contributed by atoms with Crippen LogP contribution < -0.4 is 11.5 Å². The van der Waals surface area contributed by atoms with E-state index in [2.05, 4.69) is 0 Å². The molecular weight excluding hydrogens is 128 g/mol. The molecule has 0 saturated carbocycles. The van der Waals surface area contributed by atoms with E-state index in [-0.39, 0.29) is 11.9 Å². The van der Waals surface area contributed by atoms with Crippen LogP contribution in [-0.2, 0) is 4.79 Å². The van der Waals surface area contributed by atoms with Crippen molar-refractivity contribution in [3.8, 4) is 0 Å². The lowest BCUT2D eigenvalue weighted by atomic mass is 10.2. The second kappa shape index (κ2) is 4.06. The number of amides is 1. The van der Waals surface area contributed by atoms with Crippen LogP contribution in [0.25, 0.3) is 0 Å². The van der Waals surface area contributed by atoms with E-state index in [1.165, 1.54) is 0 Å². The summed E-state index contributed by atoms with van der Waals surface area (Å²) in [6, 6.07) is 0.0919. The maximum Gasteiger partial charge on any atom is 0.244 e. The molecule has 1 atom stereocenters. The number of rotatable bonds is 3. The summed E-state index contributed by atoms with van der Waals surface area (Å²) in [7, 11) is 0. The summed E-state index contributed by atoms with van der Waals surface area (Å²) < 4.78 is 0. The standard InChI is InChI=1S/C7H14N2O/c1-5(7(9)10)3-4-6(2)8/h3,6H,4,8H2,1-2H3,(H2,9,10)/b5-3+. The molecule has 0 saturated heterocycles. The first-order chi connectivity index (χ1) is 4.54. The van der Waals surface area contributed by atoms with Gasteiger partial charge in [0, 0.05) is 11.6 Å². The van der Waals surface area contributed by atoms with E-state index >= 15 is 0 Å². The van der Waals surface area contributed by atoms with Crippen molar-refractivity contribution >= 4 is 5.91 Å². The van der Waals surface area contributed by atoms with Gasteiger partial charge in [0.1, 0.15) is 0 Å². The lowest BCUT2D eigenvalue weighted by Gasteiger charge is -1.98. The molecule has 0 spiro atoms. The first-order valence-corrected chi connectivity index (χ1v) is 3.26. The Morgan fingerprint density at radius 2 is 2.20 bits per heavy atom. The number of carbonyl (C=O) groups is 1. The Morgan fingerprint density at radius 1 is 1.70 bits per heavy atom. The van der Waals surface area contributed by atoms with E-state index in [9.17, 15) is 4.79 Å². The van der Waals surface area contributed by atoms with Gasteiger partial charge in [0.25, 0.3) is 0 Å². The number of nitrogens with two attached hydrogens (primary N) is 2. The Bertz CT molecular complexity index is 150. The predicted octanol–water partition coefficient (Wildman–Crippen LogP) is 0.155. The van der Waals surface area contributed by atoms with Gasteiger partial charge in [-0.3, -0.25) is 4.79 Å². The lowest BCUT2D eigenvalue weighted by Crippen LogP contribution is -2.15. The van der Waals surface area contributed by atoms with Crippen molar-refractivity contribution in [2.45, 2.75) is 26.3 Å². The van der Waals surface area contributed by atoms with Crippen molar-refractivity contribution < 1.29 is 4.79 Å². The molecule has 0 radical (unpaired) electrons. The van der Waals surface area contributed by atoms with Gasteiger partial charge in [0.15, 0.2) is 0 Å². The fourth-order valence-electron chi connectivity index (χ4n) is 0.463. The van der Waals surface area contributed by atoms with Crippen molar-refractivity contribution in [2.24, 2.45) is 11.5 Å². The van der Waals surface area contributed by atoms with E-state index < -0.39 is 0 Å². The fraction of sp³-hybridized carbons (Fsp3) is 0.571. The minimum atomic E-state index is -0.374. The van der Waals surface area contributed by atoms with Gasteiger partial charge in [-0.1, -0.05) is 6.08 Å². The molecule has 0 fully saturated rings. The largest absolute Gasteiger partial charge is 0.366 e. The van der Waals surface area contributed by atoms with Gasteiger partial charge in [-0.25, -0.2) is 0 Å². The number of primary amides is 1.